The average molecular weight is 363 g/mol. The molecule has 0 spiro atoms. The van der Waals surface area contributed by atoms with Crippen molar-refractivity contribution < 1.29 is 13.6 Å². The van der Waals surface area contributed by atoms with Crippen LogP contribution in [0, 0.1) is 11.6 Å². The van der Waals surface area contributed by atoms with Crippen LogP contribution in [0.5, 0.6) is 0 Å². The van der Waals surface area contributed by atoms with Crippen molar-refractivity contribution in [2.75, 3.05) is 6.54 Å². The maximum atomic E-state index is 13.3. The number of nitrogens with one attached hydrogen (secondary N) is 2. The molecule has 0 fully saturated rings. The van der Waals surface area contributed by atoms with Crippen LogP contribution in [-0.4, -0.2) is 27.6 Å². The van der Waals surface area contributed by atoms with Crippen LogP contribution >= 0.6 is 11.6 Å². The van der Waals surface area contributed by atoms with Crippen LogP contribution in [0.1, 0.15) is 16.2 Å². The van der Waals surface area contributed by atoms with Crippen LogP contribution in [0.25, 0.3) is 11.4 Å². The molecule has 128 valence electrons. The number of aromatic nitrogens is 3. The fourth-order valence-electron chi connectivity index (χ4n) is 2.17. The van der Waals surface area contributed by atoms with Crippen molar-refractivity contribution in [1.82, 2.24) is 20.5 Å². The van der Waals surface area contributed by atoms with Gasteiger partial charge < -0.3 is 5.32 Å². The molecule has 2 aromatic carbocycles. The number of rotatable bonds is 5. The van der Waals surface area contributed by atoms with E-state index in [9.17, 15) is 13.6 Å². The van der Waals surface area contributed by atoms with Gasteiger partial charge in [-0.25, -0.2) is 13.8 Å². The first kappa shape index (κ1) is 17.0. The predicted molar refractivity (Wildman–Crippen MR) is 89.2 cm³/mol. The second kappa shape index (κ2) is 7.40. The fraction of sp³-hybridized carbons (Fsp3) is 0.118. The third kappa shape index (κ3) is 4.19. The molecule has 2 N–H and O–H groups in total. The Kier molecular flexibility index (Phi) is 5.04. The first-order valence-corrected chi connectivity index (χ1v) is 7.81. The predicted octanol–water partition coefficient (Wildman–Crippen LogP) is 3.38. The van der Waals surface area contributed by atoms with Gasteiger partial charge in [0.1, 0.15) is 5.82 Å². The maximum absolute atomic E-state index is 13.3. The molecule has 1 amide bonds. The van der Waals surface area contributed by atoms with Crippen LogP contribution in [0.4, 0.5) is 8.78 Å². The Balaban J connectivity index is 1.57. The van der Waals surface area contributed by atoms with Gasteiger partial charge in [0, 0.05) is 29.1 Å². The second-order valence-corrected chi connectivity index (χ2v) is 5.68. The van der Waals surface area contributed by atoms with Crippen LogP contribution in [0.15, 0.2) is 42.5 Å². The highest BCUT2D eigenvalue weighted by Crippen LogP contribution is 2.17. The van der Waals surface area contributed by atoms with Gasteiger partial charge in [0.2, 0.25) is 0 Å². The molecule has 1 aromatic heterocycles. The Hall–Kier alpha value is -2.80. The van der Waals surface area contributed by atoms with Gasteiger partial charge in [-0.2, -0.15) is 5.10 Å². The summed E-state index contributed by atoms with van der Waals surface area (Å²) in [7, 11) is 0. The lowest BCUT2D eigenvalue weighted by Crippen LogP contribution is -2.25. The van der Waals surface area contributed by atoms with Gasteiger partial charge in [-0.1, -0.05) is 11.6 Å². The second-order valence-electron chi connectivity index (χ2n) is 5.25. The molecule has 0 aliphatic rings. The SMILES string of the molecule is O=C(NCCc1nc(-c2ccc(F)c(F)c2)n[nH]1)c1ccc(Cl)cc1. The highest BCUT2D eigenvalue weighted by atomic mass is 35.5. The quantitative estimate of drug-likeness (QED) is 0.731. The Morgan fingerprint density at radius 2 is 1.88 bits per heavy atom. The maximum Gasteiger partial charge on any atom is 0.251 e. The van der Waals surface area contributed by atoms with Gasteiger partial charge in [-0.3, -0.25) is 9.89 Å². The number of hydrogen-bond donors (Lipinski definition) is 2. The highest BCUT2D eigenvalue weighted by molar-refractivity contribution is 6.30. The van der Waals surface area contributed by atoms with Gasteiger partial charge in [-0.15, -0.1) is 0 Å². The summed E-state index contributed by atoms with van der Waals surface area (Å²) in [6, 6.07) is 9.99. The molecule has 0 bridgehead atoms. The number of H-pyrrole nitrogens is 1. The van der Waals surface area contributed by atoms with Crippen molar-refractivity contribution in [3.63, 3.8) is 0 Å². The van der Waals surface area contributed by atoms with E-state index < -0.39 is 11.6 Å². The standard InChI is InChI=1S/C17H13ClF2N4O/c18-12-4-1-10(2-5-12)17(25)21-8-7-15-22-16(24-23-15)11-3-6-13(19)14(20)9-11/h1-6,9H,7-8H2,(H,21,25)(H,22,23,24). The number of halogens is 3. The first-order valence-electron chi connectivity index (χ1n) is 7.43. The molecule has 0 unspecified atom stereocenters. The first-order chi connectivity index (χ1) is 12.0. The summed E-state index contributed by atoms with van der Waals surface area (Å²) in [5.74, 6) is -1.32. The molecule has 0 aliphatic heterocycles. The normalized spacial score (nSPS) is 10.7. The van der Waals surface area contributed by atoms with Gasteiger partial charge >= 0.3 is 0 Å². The number of aromatic amines is 1. The number of benzene rings is 2. The van der Waals surface area contributed by atoms with Crippen molar-refractivity contribution in [2.24, 2.45) is 0 Å². The zero-order valence-electron chi connectivity index (χ0n) is 12.9. The molecule has 3 aromatic rings. The number of carbonyl (C=O) groups excluding carboxylic acids is 1. The summed E-state index contributed by atoms with van der Waals surface area (Å²) >= 11 is 5.78. The summed E-state index contributed by atoms with van der Waals surface area (Å²) < 4.78 is 26.2. The Morgan fingerprint density at radius 3 is 2.60 bits per heavy atom. The Bertz CT molecular complexity index is 896. The molecule has 0 saturated heterocycles. The van der Waals surface area contributed by atoms with E-state index in [4.69, 9.17) is 11.6 Å². The van der Waals surface area contributed by atoms with E-state index in [0.717, 1.165) is 12.1 Å². The highest BCUT2D eigenvalue weighted by Gasteiger charge is 2.10. The van der Waals surface area contributed by atoms with E-state index in [1.165, 1.54) is 6.07 Å². The van der Waals surface area contributed by atoms with Gasteiger partial charge in [0.05, 0.1) is 0 Å². The third-order valence-electron chi connectivity index (χ3n) is 3.46. The van der Waals surface area contributed by atoms with E-state index in [2.05, 4.69) is 20.5 Å². The summed E-state index contributed by atoms with van der Waals surface area (Å²) in [5, 5.41) is 9.99. The molecule has 3 rings (SSSR count). The van der Waals surface area contributed by atoms with Gasteiger partial charge in [-0.05, 0) is 42.5 Å². The minimum Gasteiger partial charge on any atom is -0.352 e. The molecular weight excluding hydrogens is 350 g/mol. The fourth-order valence-corrected chi connectivity index (χ4v) is 2.30. The number of nitrogens with zero attached hydrogens (tertiary/aromatic N) is 2. The van der Waals surface area contributed by atoms with Crippen molar-refractivity contribution >= 4 is 17.5 Å². The van der Waals surface area contributed by atoms with E-state index >= 15 is 0 Å². The van der Waals surface area contributed by atoms with Crippen molar-refractivity contribution in [1.29, 1.82) is 0 Å². The molecule has 0 aliphatic carbocycles. The minimum atomic E-state index is -0.959. The van der Waals surface area contributed by atoms with Crippen molar-refractivity contribution in [2.45, 2.75) is 6.42 Å². The monoisotopic (exact) mass is 362 g/mol. The molecule has 1 heterocycles. The number of hydrogen-bond acceptors (Lipinski definition) is 3. The lowest BCUT2D eigenvalue weighted by atomic mass is 10.2. The number of amides is 1. The van der Waals surface area contributed by atoms with Crippen LogP contribution in [0.2, 0.25) is 5.02 Å². The van der Waals surface area contributed by atoms with E-state index in [1.807, 2.05) is 0 Å². The lowest BCUT2D eigenvalue weighted by molar-refractivity contribution is 0.0954. The van der Waals surface area contributed by atoms with Crippen LogP contribution in [0.3, 0.4) is 0 Å². The van der Waals surface area contributed by atoms with Crippen molar-refractivity contribution in [3.8, 4) is 11.4 Å². The van der Waals surface area contributed by atoms with E-state index in [1.54, 1.807) is 24.3 Å². The molecule has 0 saturated carbocycles. The molecule has 0 radical (unpaired) electrons. The zero-order chi connectivity index (χ0) is 17.8. The van der Waals surface area contributed by atoms with Gasteiger partial charge in [0.15, 0.2) is 17.5 Å². The molecule has 5 nitrogen and oxygen atoms in total. The summed E-state index contributed by atoms with van der Waals surface area (Å²) in [4.78, 5) is 16.2. The average Bonchev–Trinajstić information content (AvgIpc) is 3.07. The Labute approximate surface area is 147 Å². The zero-order valence-corrected chi connectivity index (χ0v) is 13.6. The minimum absolute atomic E-state index is 0.225. The summed E-state index contributed by atoms with van der Waals surface area (Å²) in [6.07, 6.45) is 0.413. The van der Waals surface area contributed by atoms with Crippen molar-refractivity contribution in [3.05, 3.63) is 70.5 Å². The molecule has 8 heteroatoms. The smallest absolute Gasteiger partial charge is 0.251 e. The lowest BCUT2D eigenvalue weighted by Gasteiger charge is -2.03. The van der Waals surface area contributed by atoms with E-state index in [0.29, 0.717) is 34.9 Å². The Morgan fingerprint density at radius 1 is 1.12 bits per heavy atom. The molecule has 25 heavy (non-hydrogen) atoms. The molecular formula is C17H13ClF2N4O. The van der Waals surface area contributed by atoms with Gasteiger partial charge in [0.25, 0.3) is 5.91 Å². The largest absolute Gasteiger partial charge is 0.352 e. The molecule has 0 atom stereocenters. The summed E-state index contributed by atoms with van der Waals surface area (Å²) in [5.41, 5.74) is 0.871. The van der Waals surface area contributed by atoms with Crippen LogP contribution in [-0.2, 0) is 6.42 Å². The topological polar surface area (TPSA) is 70.7 Å². The number of carbonyl (C=O) groups is 1. The van der Waals surface area contributed by atoms with Crippen LogP contribution < -0.4 is 5.32 Å². The van der Waals surface area contributed by atoms with E-state index in [-0.39, 0.29) is 11.7 Å². The third-order valence-corrected chi connectivity index (χ3v) is 3.72. The summed E-state index contributed by atoms with van der Waals surface area (Å²) in [6.45, 7) is 0.341.